The molecule has 0 bridgehead atoms. The number of aromatic hydroxyl groups is 1. The van der Waals surface area contributed by atoms with Crippen molar-refractivity contribution in [2.24, 2.45) is 0 Å². The minimum Gasteiger partial charge on any atom is -0.507 e. The highest BCUT2D eigenvalue weighted by Gasteiger charge is 2.23. The van der Waals surface area contributed by atoms with E-state index in [4.69, 9.17) is 4.74 Å². The van der Waals surface area contributed by atoms with Crippen molar-refractivity contribution in [2.45, 2.75) is 25.7 Å². The quantitative estimate of drug-likeness (QED) is 0.875. The van der Waals surface area contributed by atoms with Crippen LogP contribution in [-0.4, -0.2) is 36.1 Å². The largest absolute Gasteiger partial charge is 0.507 e. The number of hydrogen-bond acceptors (Lipinski definition) is 3. The predicted octanol–water partition coefficient (Wildman–Crippen LogP) is 2.42. The van der Waals surface area contributed by atoms with Gasteiger partial charge in [0, 0.05) is 13.1 Å². The second-order valence-electron chi connectivity index (χ2n) is 4.56. The van der Waals surface area contributed by atoms with Crippen molar-refractivity contribution < 1.29 is 14.6 Å². The monoisotopic (exact) mass is 249 g/mol. The lowest BCUT2D eigenvalue weighted by molar-refractivity contribution is 0.0755. The number of phenolic OH excluding ortho intramolecular Hbond substituents is 1. The summed E-state index contributed by atoms with van der Waals surface area (Å²) in [6.45, 7) is 1.52. The van der Waals surface area contributed by atoms with Gasteiger partial charge in [-0.2, -0.15) is 0 Å². The molecule has 0 saturated carbocycles. The van der Waals surface area contributed by atoms with Crippen LogP contribution in [0.5, 0.6) is 11.5 Å². The number of phenols is 1. The molecular formula is C14H19NO3. The Morgan fingerprint density at radius 3 is 2.50 bits per heavy atom. The van der Waals surface area contributed by atoms with E-state index in [1.54, 1.807) is 12.1 Å². The Kier molecular flexibility index (Phi) is 4.07. The summed E-state index contributed by atoms with van der Waals surface area (Å²) in [4.78, 5) is 14.2. The fraction of sp³-hybridized carbons (Fsp3) is 0.500. The molecule has 18 heavy (non-hydrogen) atoms. The van der Waals surface area contributed by atoms with Gasteiger partial charge in [0.1, 0.15) is 17.1 Å². The van der Waals surface area contributed by atoms with Crippen LogP contribution in [0.25, 0.3) is 0 Å². The number of ether oxygens (including phenoxy) is 1. The maximum Gasteiger partial charge on any atom is 0.261 e. The van der Waals surface area contributed by atoms with E-state index in [1.807, 2.05) is 4.90 Å². The number of carbonyl (C=O) groups is 1. The van der Waals surface area contributed by atoms with Gasteiger partial charge in [-0.15, -0.1) is 0 Å². The molecule has 1 aliphatic heterocycles. The summed E-state index contributed by atoms with van der Waals surface area (Å²) in [6.07, 6.45) is 4.40. The number of benzene rings is 1. The number of hydrogen-bond donors (Lipinski definition) is 1. The second kappa shape index (κ2) is 5.76. The third-order valence-electron chi connectivity index (χ3n) is 3.33. The first-order valence-electron chi connectivity index (χ1n) is 6.39. The molecule has 1 amide bonds. The maximum atomic E-state index is 12.4. The van der Waals surface area contributed by atoms with Gasteiger partial charge >= 0.3 is 0 Å². The van der Waals surface area contributed by atoms with E-state index < -0.39 is 0 Å². The first-order valence-corrected chi connectivity index (χ1v) is 6.39. The molecule has 98 valence electrons. The Balaban J connectivity index is 2.27. The van der Waals surface area contributed by atoms with Crippen molar-refractivity contribution in [3.63, 3.8) is 0 Å². The third kappa shape index (κ3) is 2.58. The molecule has 0 aliphatic carbocycles. The molecule has 1 aromatic rings. The number of carbonyl (C=O) groups excluding carboxylic acids is 1. The van der Waals surface area contributed by atoms with Crippen LogP contribution in [0.2, 0.25) is 0 Å². The second-order valence-corrected chi connectivity index (χ2v) is 4.56. The van der Waals surface area contributed by atoms with Crippen molar-refractivity contribution in [3.05, 3.63) is 23.8 Å². The minimum absolute atomic E-state index is 0.0106. The molecule has 1 saturated heterocycles. The molecule has 1 aromatic carbocycles. The van der Waals surface area contributed by atoms with Gasteiger partial charge in [-0.25, -0.2) is 0 Å². The maximum absolute atomic E-state index is 12.4. The zero-order valence-electron chi connectivity index (χ0n) is 10.7. The Morgan fingerprint density at radius 1 is 1.22 bits per heavy atom. The van der Waals surface area contributed by atoms with Gasteiger partial charge < -0.3 is 14.7 Å². The molecule has 4 heteroatoms. The average molecular weight is 249 g/mol. The van der Waals surface area contributed by atoms with Crippen LogP contribution >= 0.6 is 0 Å². The molecule has 0 atom stereocenters. The van der Waals surface area contributed by atoms with Gasteiger partial charge in [0.05, 0.1) is 7.11 Å². The number of likely N-dealkylation sites (tertiary alicyclic amines) is 1. The highest BCUT2D eigenvalue weighted by molar-refractivity contribution is 5.99. The van der Waals surface area contributed by atoms with E-state index in [0.717, 1.165) is 25.9 Å². The van der Waals surface area contributed by atoms with Crippen molar-refractivity contribution in [1.82, 2.24) is 4.90 Å². The highest BCUT2D eigenvalue weighted by atomic mass is 16.5. The van der Waals surface area contributed by atoms with Gasteiger partial charge in [-0.1, -0.05) is 18.9 Å². The summed E-state index contributed by atoms with van der Waals surface area (Å²) in [6, 6.07) is 4.89. The van der Waals surface area contributed by atoms with Crippen molar-refractivity contribution in [3.8, 4) is 11.5 Å². The van der Waals surface area contributed by atoms with Crippen LogP contribution in [0.1, 0.15) is 36.0 Å². The normalized spacial score (nSPS) is 16.2. The topological polar surface area (TPSA) is 49.8 Å². The average Bonchev–Trinajstić information content (AvgIpc) is 2.66. The molecule has 1 aliphatic rings. The summed E-state index contributed by atoms with van der Waals surface area (Å²) in [5, 5.41) is 9.87. The van der Waals surface area contributed by atoms with Gasteiger partial charge in [-0.05, 0) is 25.0 Å². The van der Waals surface area contributed by atoms with Gasteiger partial charge in [0.2, 0.25) is 0 Å². The lowest BCUT2D eigenvalue weighted by atomic mass is 10.1. The standard InChI is InChI=1S/C14H19NO3/c1-18-12-8-6-7-11(16)13(12)14(17)15-9-4-2-3-5-10-15/h6-8,16H,2-5,9-10H2,1H3. The van der Waals surface area contributed by atoms with Gasteiger partial charge in [0.25, 0.3) is 5.91 Å². The number of nitrogens with zero attached hydrogens (tertiary/aromatic N) is 1. The summed E-state index contributed by atoms with van der Waals surface area (Å²) >= 11 is 0. The number of rotatable bonds is 2. The Hall–Kier alpha value is -1.71. The molecule has 2 rings (SSSR count). The lowest BCUT2D eigenvalue weighted by Crippen LogP contribution is -2.32. The molecule has 0 aromatic heterocycles. The predicted molar refractivity (Wildman–Crippen MR) is 69.0 cm³/mol. The van der Waals surface area contributed by atoms with Crippen molar-refractivity contribution >= 4 is 5.91 Å². The highest BCUT2D eigenvalue weighted by Crippen LogP contribution is 2.29. The van der Waals surface area contributed by atoms with E-state index in [-0.39, 0.29) is 17.2 Å². The summed E-state index contributed by atoms with van der Waals surface area (Å²) in [5.74, 6) is 0.291. The van der Waals surface area contributed by atoms with Gasteiger partial charge in [0.15, 0.2) is 0 Å². The first kappa shape index (κ1) is 12.7. The molecule has 0 unspecified atom stereocenters. The third-order valence-corrected chi connectivity index (χ3v) is 3.33. The molecule has 1 fully saturated rings. The molecule has 0 radical (unpaired) electrons. The number of amides is 1. The zero-order chi connectivity index (χ0) is 13.0. The van der Waals surface area contributed by atoms with Crippen LogP contribution in [0.3, 0.4) is 0 Å². The smallest absolute Gasteiger partial charge is 0.261 e. The van der Waals surface area contributed by atoms with Crippen molar-refractivity contribution in [1.29, 1.82) is 0 Å². The molecular weight excluding hydrogens is 230 g/mol. The van der Waals surface area contributed by atoms with Crippen LogP contribution in [0.4, 0.5) is 0 Å². The summed E-state index contributed by atoms with van der Waals surface area (Å²) in [7, 11) is 1.51. The summed E-state index contributed by atoms with van der Waals surface area (Å²) < 4.78 is 5.16. The minimum atomic E-state index is -0.133. The molecule has 4 nitrogen and oxygen atoms in total. The fourth-order valence-corrected chi connectivity index (χ4v) is 2.34. The number of methoxy groups -OCH3 is 1. The van der Waals surface area contributed by atoms with Gasteiger partial charge in [-0.3, -0.25) is 4.79 Å². The van der Waals surface area contributed by atoms with E-state index in [9.17, 15) is 9.90 Å². The molecule has 1 N–H and O–H groups in total. The fourth-order valence-electron chi connectivity index (χ4n) is 2.34. The first-order chi connectivity index (χ1) is 8.74. The van der Waals surface area contributed by atoms with Crippen LogP contribution in [0.15, 0.2) is 18.2 Å². The Morgan fingerprint density at radius 2 is 1.89 bits per heavy atom. The Bertz CT molecular complexity index is 423. The van der Waals surface area contributed by atoms with E-state index >= 15 is 0 Å². The van der Waals surface area contributed by atoms with E-state index in [2.05, 4.69) is 0 Å². The van der Waals surface area contributed by atoms with E-state index in [0.29, 0.717) is 5.75 Å². The molecule has 1 heterocycles. The van der Waals surface area contributed by atoms with E-state index in [1.165, 1.54) is 26.0 Å². The Labute approximate surface area is 107 Å². The zero-order valence-corrected chi connectivity index (χ0v) is 10.7. The van der Waals surface area contributed by atoms with Crippen LogP contribution in [-0.2, 0) is 0 Å². The summed E-state index contributed by atoms with van der Waals surface area (Å²) in [5.41, 5.74) is 0.280. The lowest BCUT2D eigenvalue weighted by Gasteiger charge is -2.21. The SMILES string of the molecule is COc1cccc(O)c1C(=O)N1CCCCCC1. The molecule has 0 spiro atoms. The van der Waals surface area contributed by atoms with Crippen molar-refractivity contribution in [2.75, 3.05) is 20.2 Å². The van der Waals surface area contributed by atoms with Crippen LogP contribution in [0, 0.1) is 0 Å². The van der Waals surface area contributed by atoms with Crippen LogP contribution < -0.4 is 4.74 Å².